The summed E-state index contributed by atoms with van der Waals surface area (Å²) < 4.78 is 27.2. The van der Waals surface area contributed by atoms with E-state index >= 15 is 0 Å². The molecule has 1 heterocycles. The number of amides is 1. The molecule has 2 N–H and O–H groups in total. The van der Waals surface area contributed by atoms with Gasteiger partial charge in [-0.05, 0) is 80.5 Å². The lowest BCUT2D eigenvalue weighted by Crippen LogP contribution is -2.49. The van der Waals surface area contributed by atoms with Gasteiger partial charge in [-0.1, -0.05) is 6.92 Å². The van der Waals surface area contributed by atoms with Gasteiger partial charge >= 0.3 is 5.97 Å². The van der Waals surface area contributed by atoms with Gasteiger partial charge in [-0.25, -0.2) is 8.42 Å². The first-order chi connectivity index (χ1) is 14.3. The molecule has 7 nitrogen and oxygen atoms in total. The Bertz CT molecular complexity index is 898. The van der Waals surface area contributed by atoms with Gasteiger partial charge in [-0.2, -0.15) is 4.31 Å². The van der Waals surface area contributed by atoms with E-state index in [0.717, 1.165) is 38.5 Å². The molecule has 2 atom stereocenters. The van der Waals surface area contributed by atoms with Gasteiger partial charge in [0.1, 0.15) is 0 Å². The third-order valence-electron chi connectivity index (χ3n) is 7.31. The second-order valence-electron chi connectivity index (χ2n) is 9.16. The lowest BCUT2D eigenvalue weighted by molar-refractivity contribution is -0.156. The van der Waals surface area contributed by atoms with E-state index in [9.17, 15) is 23.1 Å². The normalized spacial score (nSPS) is 30.2. The Hall–Kier alpha value is -1.93. The van der Waals surface area contributed by atoms with Crippen LogP contribution in [0.1, 0.15) is 45.4 Å². The number of sulfonamides is 1. The monoisotopic (exact) mass is 434 g/mol. The predicted octanol–water partition coefficient (Wildman–Crippen LogP) is 3.18. The van der Waals surface area contributed by atoms with E-state index in [1.807, 2.05) is 0 Å². The summed E-state index contributed by atoms with van der Waals surface area (Å²) in [4.78, 5) is 24.9. The number of hydrogen-bond acceptors (Lipinski definition) is 4. The molecule has 30 heavy (non-hydrogen) atoms. The molecule has 0 radical (unpaired) electrons. The molecule has 1 aromatic carbocycles. The highest BCUT2D eigenvalue weighted by Gasteiger charge is 2.50. The van der Waals surface area contributed by atoms with Gasteiger partial charge in [-0.3, -0.25) is 9.59 Å². The van der Waals surface area contributed by atoms with E-state index in [0.29, 0.717) is 24.7 Å². The van der Waals surface area contributed by atoms with E-state index < -0.39 is 27.8 Å². The van der Waals surface area contributed by atoms with Crippen LogP contribution in [0.3, 0.4) is 0 Å². The van der Waals surface area contributed by atoms with E-state index in [-0.39, 0.29) is 22.6 Å². The lowest BCUT2D eigenvalue weighted by Gasteiger charge is -2.45. The molecule has 4 aliphatic rings. The molecule has 1 saturated heterocycles. The van der Waals surface area contributed by atoms with Crippen molar-refractivity contribution in [3.63, 3.8) is 0 Å². The number of rotatable bonds is 5. The summed E-state index contributed by atoms with van der Waals surface area (Å²) in [6, 6.07) is 6.22. The molecule has 0 spiro atoms. The first kappa shape index (κ1) is 21.3. The van der Waals surface area contributed by atoms with Gasteiger partial charge in [0.05, 0.1) is 16.7 Å². The van der Waals surface area contributed by atoms with Crippen LogP contribution in [0.15, 0.2) is 29.2 Å². The largest absolute Gasteiger partial charge is 0.481 e. The summed E-state index contributed by atoms with van der Waals surface area (Å²) in [7, 11) is -3.54. The minimum atomic E-state index is -3.54. The molecule has 3 saturated carbocycles. The van der Waals surface area contributed by atoms with Gasteiger partial charge in [0.2, 0.25) is 15.9 Å². The maximum Gasteiger partial charge on any atom is 0.307 e. The molecule has 8 heteroatoms. The third kappa shape index (κ3) is 3.99. The number of aliphatic carboxylic acids is 1. The maximum absolute atomic E-state index is 12.9. The molecule has 5 rings (SSSR count). The summed E-state index contributed by atoms with van der Waals surface area (Å²) in [5, 5.41) is 12.5. The maximum atomic E-state index is 12.9. The first-order valence-electron chi connectivity index (χ1n) is 10.9. The van der Waals surface area contributed by atoms with Crippen molar-refractivity contribution in [1.82, 2.24) is 4.31 Å². The molecule has 2 bridgehead atoms. The Morgan fingerprint density at radius 1 is 0.933 bits per heavy atom. The fourth-order valence-corrected chi connectivity index (χ4v) is 6.96. The van der Waals surface area contributed by atoms with Crippen LogP contribution in [-0.4, -0.2) is 42.8 Å². The predicted molar refractivity (Wildman–Crippen MR) is 112 cm³/mol. The molecule has 3 aliphatic carbocycles. The number of carbonyl (C=O) groups excluding carboxylic acids is 1. The molecule has 164 valence electrons. The van der Waals surface area contributed by atoms with Crippen molar-refractivity contribution in [2.45, 2.75) is 50.3 Å². The van der Waals surface area contributed by atoms with Crippen LogP contribution in [-0.2, 0) is 19.6 Å². The summed E-state index contributed by atoms with van der Waals surface area (Å²) in [6.45, 7) is 3.19. The van der Waals surface area contributed by atoms with Gasteiger partial charge in [0.15, 0.2) is 0 Å². The molecule has 0 unspecified atom stereocenters. The van der Waals surface area contributed by atoms with Crippen molar-refractivity contribution in [2.24, 2.45) is 29.6 Å². The zero-order chi connectivity index (χ0) is 21.5. The van der Waals surface area contributed by atoms with Crippen LogP contribution in [0.2, 0.25) is 0 Å². The van der Waals surface area contributed by atoms with Crippen LogP contribution < -0.4 is 5.32 Å². The van der Waals surface area contributed by atoms with Crippen molar-refractivity contribution >= 4 is 27.6 Å². The second-order valence-corrected chi connectivity index (χ2v) is 11.1. The van der Waals surface area contributed by atoms with Crippen LogP contribution >= 0.6 is 0 Å². The van der Waals surface area contributed by atoms with Gasteiger partial charge in [-0.15, -0.1) is 0 Å². The fourth-order valence-electron chi connectivity index (χ4n) is 5.49. The van der Waals surface area contributed by atoms with E-state index in [1.165, 1.54) is 16.4 Å². The van der Waals surface area contributed by atoms with Gasteiger partial charge in [0.25, 0.3) is 0 Å². The summed E-state index contributed by atoms with van der Waals surface area (Å²) in [6.07, 6.45) is 5.29. The van der Waals surface area contributed by atoms with Gasteiger partial charge < -0.3 is 10.4 Å². The molecular formula is C22H30N2O5S. The van der Waals surface area contributed by atoms with Crippen molar-refractivity contribution in [3.05, 3.63) is 24.3 Å². The Labute approximate surface area is 177 Å². The van der Waals surface area contributed by atoms with Crippen molar-refractivity contribution < 1.29 is 23.1 Å². The quantitative estimate of drug-likeness (QED) is 0.741. The SMILES string of the molecule is CC1CCN(S(=O)(=O)c2ccc(NC(=O)[C@H]3C4CCC(CC4)[C@H]3C(=O)O)cc2)CC1. The average Bonchev–Trinajstić information content (AvgIpc) is 2.74. The first-order valence-corrected chi connectivity index (χ1v) is 12.3. The molecule has 1 aromatic rings. The number of carboxylic acids is 1. The zero-order valence-electron chi connectivity index (χ0n) is 17.3. The van der Waals surface area contributed by atoms with Crippen molar-refractivity contribution in [2.75, 3.05) is 18.4 Å². The average molecular weight is 435 g/mol. The molecule has 1 amide bonds. The fraction of sp³-hybridized carbons (Fsp3) is 0.636. The van der Waals surface area contributed by atoms with E-state index in [4.69, 9.17) is 0 Å². The third-order valence-corrected chi connectivity index (χ3v) is 9.22. The molecule has 0 aromatic heterocycles. The Morgan fingerprint density at radius 2 is 1.47 bits per heavy atom. The lowest BCUT2D eigenvalue weighted by atomic mass is 9.58. The number of carbonyl (C=O) groups is 2. The van der Waals surface area contributed by atoms with E-state index in [2.05, 4.69) is 12.2 Å². The molecular weight excluding hydrogens is 404 g/mol. The molecule has 1 aliphatic heterocycles. The minimum absolute atomic E-state index is 0.0723. The Morgan fingerprint density at radius 3 is 2.00 bits per heavy atom. The number of carboxylic acid groups (broad SMARTS) is 1. The topological polar surface area (TPSA) is 104 Å². The summed E-state index contributed by atoms with van der Waals surface area (Å²) in [5.41, 5.74) is 0.497. The number of fused-ring (bicyclic) bond motifs is 3. The zero-order valence-corrected chi connectivity index (χ0v) is 18.1. The van der Waals surface area contributed by atoms with Crippen LogP contribution in [0.5, 0.6) is 0 Å². The highest BCUT2D eigenvalue weighted by Crippen LogP contribution is 2.49. The second kappa shape index (κ2) is 8.30. The number of nitrogens with zero attached hydrogens (tertiary/aromatic N) is 1. The van der Waals surface area contributed by atoms with Gasteiger partial charge in [0, 0.05) is 18.8 Å². The number of piperidine rings is 1. The number of hydrogen-bond donors (Lipinski definition) is 2. The highest BCUT2D eigenvalue weighted by molar-refractivity contribution is 7.89. The number of anilines is 1. The Balaban J connectivity index is 1.46. The van der Waals surface area contributed by atoms with Crippen LogP contribution in [0.25, 0.3) is 0 Å². The minimum Gasteiger partial charge on any atom is -0.481 e. The van der Waals surface area contributed by atoms with Crippen LogP contribution in [0.4, 0.5) is 5.69 Å². The number of nitrogens with one attached hydrogen (secondary N) is 1. The summed E-state index contributed by atoms with van der Waals surface area (Å²) in [5.74, 6) is -1.58. The Kier molecular flexibility index (Phi) is 5.90. The smallest absolute Gasteiger partial charge is 0.307 e. The van der Waals surface area contributed by atoms with E-state index in [1.54, 1.807) is 12.1 Å². The van der Waals surface area contributed by atoms with Crippen molar-refractivity contribution in [3.8, 4) is 0 Å². The number of benzene rings is 1. The van der Waals surface area contributed by atoms with Crippen LogP contribution in [0, 0.1) is 29.6 Å². The molecule has 4 fully saturated rings. The van der Waals surface area contributed by atoms with Crippen molar-refractivity contribution in [1.29, 1.82) is 0 Å². The summed E-state index contributed by atoms with van der Waals surface area (Å²) >= 11 is 0. The highest BCUT2D eigenvalue weighted by atomic mass is 32.2. The standard InChI is InChI=1S/C22H30N2O5S/c1-14-10-12-24(13-11-14)30(28,29)18-8-6-17(7-9-18)23-21(25)19-15-2-4-16(5-3-15)20(19)22(26)27/h6-9,14-16,19-20H,2-5,10-13H2,1H3,(H,23,25)(H,26,27)/t15?,16?,19-,20+/m0/s1.